The van der Waals surface area contributed by atoms with Crippen molar-refractivity contribution in [2.24, 2.45) is 0 Å². The van der Waals surface area contributed by atoms with E-state index < -0.39 is 0 Å². The molecule has 0 heteroatoms. The third-order valence-electron chi connectivity index (χ3n) is 1.63. The molecule has 0 atom stereocenters. The Balaban J connectivity index is 2.80. The van der Waals surface area contributed by atoms with Crippen molar-refractivity contribution in [1.82, 2.24) is 0 Å². The molecule has 0 fully saturated rings. The van der Waals surface area contributed by atoms with E-state index in [1.54, 1.807) is 0 Å². The normalized spacial score (nSPS) is 9.80. The summed E-state index contributed by atoms with van der Waals surface area (Å²) in [6.07, 6.45) is 2.11. The molecule has 0 saturated heterocycles. The molecule has 0 heterocycles. The van der Waals surface area contributed by atoms with Crippen LogP contribution in [0.1, 0.15) is 25.0 Å². The molecule has 52 valence electrons. The Morgan fingerprint density at radius 1 is 1.00 bits per heavy atom. The van der Waals surface area contributed by atoms with E-state index in [9.17, 15) is 0 Å². The second kappa shape index (κ2) is 3.40. The molecule has 0 aromatic heterocycles. The van der Waals surface area contributed by atoms with Crippen molar-refractivity contribution < 1.29 is 0 Å². The Labute approximate surface area is 62.9 Å². The van der Waals surface area contributed by atoms with Crippen LogP contribution in [0.4, 0.5) is 0 Å². The summed E-state index contributed by atoms with van der Waals surface area (Å²) in [4.78, 5) is 0. The third-order valence-corrected chi connectivity index (χ3v) is 1.63. The van der Waals surface area contributed by atoms with Crippen LogP contribution in [0.5, 0.6) is 0 Å². The molecule has 0 aliphatic heterocycles. The molecule has 0 aliphatic rings. The van der Waals surface area contributed by atoms with Gasteiger partial charge in [-0.1, -0.05) is 26.0 Å². The first-order valence-corrected chi connectivity index (χ1v) is 3.78. The van der Waals surface area contributed by atoms with Gasteiger partial charge >= 0.3 is 0 Å². The number of hydrogen-bond donors (Lipinski definition) is 0. The van der Waals surface area contributed by atoms with Gasteiger partial charge in [-0.3, -0.25) is 0 Å². The topological polar surface area (TPSA) is 0 Å². The average Bonchev–Trinajstić information content (AvgIpc) is 2.05. The Bertz CT molecular complexity index is 161. The van der Waals surface area contributed by atoms with Crippen LogP contribution >= 0.6 is 0 Å². The van der Waals surface area contributed by atoms with E-state index in [0.29, 0.717) is 0 Å². The Morgan fingerprint density at radius 3 is 1.60 bits per heavy atom. The fourth-order valence-electron chi connectivity index (χ4n) is 0.851. The van der Waals surface area contributed by atoms with Gasteiger partial charge in [-0.15, -0.1) is 0 Å². The molecule has 0 nitrogen and oxygen atoms in total. The zero-order valence-corrected chi connectivity index (χ0v) is 6.57. The minimum absolute atomic E-state index is 1.06. The van der Waals surface area contributed by atoms with E-state index in [-0.39, 0.29) is 0 Å². The van der Waals surface area contributed by atoms with Gasteiger partial charge in [0.2, 0.25) is 0 Å². The highest BCUT2D eigenvalue weighted by Gasteiger charge is 1.89. The summed E-state index contributed by atoms with van der Waals surface area (Å²) in [5, 5.41) is 0. The molecule has 10 heavy (non-hydrogen) atoms. The van der Waals surface area contributed by atoms with Crippen LogP contribution in [0.2, 0.25) is 0 Å². The predicted octanol–water partition coefficient (Wildman–Crippen LogP) is 2.41. The Hall–Kier alpha value is -0.780. The van der Waals surface area contributed by atoms with Crippen LogP contribution in [0.15, 0.2) is 12.1 Å². The van der Waals surface area contributed by atoms with Gasteiger partial charge in [0.15, 0.2) is 0 Å². The maximum Gasteiger partial charge on any atom is -0.0146 e. The van der Waals surface area contributed by atoms with Crippen molar-refractivity contribution in [1.29, 1.82) is 0 Å². The van der Waals surface area contributed by atoms with Gasteiger partial charge in [0.1, 0.15) is 0 Å². The van der Waals surface area contributed by atoms with Gasteiger partial charge in [0.05, 0.1) is 0 Å². The van der Waals surface area contributed by atoms with Gasteiger partial charge < -0.3 is 0 Å². The molecule has 1 aromatic rings. The Morgan fingerprint density at radius 2 is 1.40 bits per heavy atom. The van der Waals surface area contributed by atoms with Crippen molar-refractivity contribution in [2.45, 2.75) is 26.7 Å². The van der Waals surface area contributed by atoms with E-state index in [4.69, 9.17) is 0 Å². The quantitative estimate of drug-likeness (QED) is 0.579. The van der Waals surface area contributed by atoms with Crippen molar-refractivity contribution >= 4 is 0 Å². The lowest BCUT2D eigenvalue weighted by molar-refractivity contribution is 1.09. The highest BCUT2D eigenvalue weighted by atomic mass is 13.9. The minimum atomic E-state index is 1.06. The average molecular weight is 132 g/mol. The van der Waals surface area contributed by atoms with Crippen LogP contribution in [0.25, 0.3) is 0 Å². The second-order valence-electron chi connectivity index (χ2n) is 2.33. The predicted molar refractivity (Wildman–Crippen MR) is 42.9 cm³/mol. The zero-order valence-electron chi connectivity index (χ0n) is 6.57. The van der Waals surface area contributed by atoms with Gasteiger partial charge in [0, 0.05) is 0 Å². The van der Waals surface area contributed by atoms with Crippen LogP contribution in [0, 0.1) is 12.1 Å². The largest absolute Gasteiger partial charge is 0.0613 e. The van der Waals surface area contributed by atoms with Gasteiger partial charge in [-0.05, 0) is 36.1 Å². The first-order valence-electron chi connectivity index (χ1n) is 3.78. The van der Waals surface area contributed by atoms with Crippen LogP contribution in [0.3, 0.4) is 0 Å². The molecule has 1 rings (SSSR count). The fourth-order valence-corrected chi connectivity index (χ4v) is 0.851. The van der Waals surface area contributed by atoms with E-state index in [1.165, 1.54) is 11.1 Å². The minimum Gasteiger partial charge on any atom is -0.0613 e. The number of rotatable bonds is 2. The maximum atomic E-state index is 3.21. The van der Waals surface area contributed by atoms with Gasteiger partial charge in [0.25, 0.3) is 0 Å². The molecule has 0 aliphatic carbocycles. The summed E-state index contributed by atoms with van der Waals surface area (Å²) in [6.45, 7) is 4.26. The van der Waals surface area contributed by atoms with E-state index >= 15 is 0 Å². The molecule has 0 spiro atoms. The van der Waals surface area contributed by atoms with Crippen LogP contribution in [-0.4, -0.2) is 0 Å². The smallest absolute Gasteiger partial charge is 0.0146 e. The first-order chi connectivity index (χ1) is 4.86. The number of hydrogen-bond acceptors (Lipinski definition) is 0. The highest BCUT2D eigenvalue weighted by molar-refractivity contribution is 5.19. The standard InChI is InChI=1S/C10H12/c1-3-9-5-7-10(4-2)8-6-9/h5,8H,3-4H2,1-2H3. The summed E-state index contributed by atoms with van der Waals surface area (Å²) < 4.78 is 0. The van der Waals surface area contributed by atoms with Gasteiger partial charge in [-0.25, -0.2) is 0 Å². The molecule has 2 radical (unpaired) electrons. The number of aryl methyl sites for hydroxylation is 2. The van der Waals surface area contributed by atoms with Crippen molar-refractivity contribution in [3.8, 4) is 0 Å². The van der Waals surface area contributed by atoms with E-state index in [1.807, 2.05) is 12.1 Å². The summed E-state index contributed by atoms with van der Waals surface area (Å²) in [6, 6.07) is 10.5. The van der Waals surface area contributed by atoms with Crippen molar-refractivity contribution in [3.05, 3.63) is 35.4 Å². The lowest BCUT2D eigenvalue weighted by Gasteiger charge is -1.96. The highest BCUT2D eigenvalue weighted by Crippen LogP contribution is 2.02. The molecule has 0 unspecified atom stereocenters. The fraction of sp³-hybridized carbons (Fsp3) is 0.400. The maximum absolute atomic E-state index is 3.21. The van der Waals surface area contributed by atoms with E-state index in [0.717, 1.165) is 12.8 Å². The van der Waals surface area contributed by atoms with Crippen molar-refractivity contribution in [3.63, 3.8) is 0 Å². The molecule has 0 bridgehead atoms. The first kappa shape index (κ1) is 7.33. The Kier molecular flexibility index (Phi) is 2.49. The lowest BCUT2D eigenvalue weighted by Crippen LogP contribution is -1.83. The third kappa shape index (κ3) is 1.60. The van der Waals surface area contributed by atoms with Crippen LogP contribution in [-0.2, 0) is 12.8 Å². The summed E-state index contributed by atoms with van der Waals surface area (Å²) in [5.41, 5.74) is 2.49. The zero-order chi connectivity index (χ0) is 7.40. The SMILES string of the molecule is CCc1[c]cc(CC)[c]c1. The van der Waals surface area contributed by atoms with Crippen molar-refractivity contribution in [2.75, 3.05) is 0 Å². The molecule has 0 N–H and O–H groups in total. The van der Waals surface area contributed by atoms with E-state index in [2.05, 4.69) is 26.0 Å². The molecular weight excluding hydrogens is 120 g/mol. The molecule has 1 aromatic carbocycles. The number of benzene rings is 1. The van der Waals surface area contributed by atoms with Gasteiger partial charge in [-0.2, -0.15) is 0 Å². The second-order valence-corrected chi connectivity index (χ2v) is 2.33. The summed E-state index contributed by atoms with van der Waals surface area (Å²) in [7, 11) is 0. The summed E-state index contributed by atoms with van der Waals surface area (Å²) >= 11 is 0. The monoisotopic (exact) mass is 132 g/mol. The lowest BCUT2D eigenvalue weighted by atomic mass is 10.1. The molecular formula is C10H12. The molecule has 0 saturated carbocycles. The molecule has 0 amide bonds. The van der Waals surface area contributed by atoms with Crippen LogP contribution < -0.4 is 0 Å². The summed E-state index contributed by atoms with van der Waals surface area (Å²) in [5.74, 6) is 0.